The van der Waals surface area contributed by atoms with E-state index in [-0.39, 0.29) is 6.10 Å². The molecule has 2 aromatic rings. The molecule has 4 rings (SSSR count). The minimum Gasteiger partial charge on any atom is -0.382 e. The van der Waals surface area contributed by atoms with E-state index in [1.165, 1.54) is 0 Å². The van der Waals surface area contributed by atoms with Gasteiger partial charge in [0.2, 0.25) is 5.79 Å². The maximum atomic E-state index is 6.12. The number of hydrogen-bond acceptors (Lipinski definition) is 4. The first-order valence-electron chi connectivity index (χ1n) is 9.58. The molecule has 29 heavy (non-hydrogen) atoms. The van der Waals surface area contributed by atoms with Gasteiger partial charge in [-0.15, -0.1) is 0 Å². The Labute approximate surface area is 185 Å². The fourth-order valence-electron chi connectivity index (χ4n) is 3.74. The van der Waals surface area contributed by atoms with Crippen molar-refractivity contribution in [3.05, 3.63) is 69.7 Å². The van der Waals surface area contributed by atoms with Crippen LogP contribution in [0.1, 0.15) is 31.2 Å². The van der Waals surface area contributed by atoms with Crippen molar-refractivity contribution in [3.8, 4) is 0 Å². The molecule has 1 heterocycles. The zero-order valence-electron chi connectivity index (χ0n) is 15.8. The first-order valence-corrected chi connectivity index (χ1v) is 10.7. The van der Waals surface area contributed by atoms with Gasteiger partial charge in [-0.25, -0.2) is 9.78 Å². The molecule has 0 radical (unpaired) electrons. The van der Waals surface area contributed by atoms with Gasteiger partial charge in [-0.3, -0.25) is 0 Å². The second-order valence-corrected chi connectivity index (χ2v) is 8.81. The highest BCUT2D eigenvalue weighted by molar-refractivity contribution is 6.35. The molecule has 1 unspecified atom stereocenters. The SMILES string of the molecule is C=C(c1ccc(Cl)cc1)C1COC2(CCC(Nc3cc(Cl)cc(Cl)c3)CC2)OO1. The largest absolute Gasteiger partial charge is 0.382 e. The number of anilines is 1. The van der Waals surface area contributed by atoms with Gasteiger partial charge in [0.15, 0.2) is 0 Å². The van der Waals surface area contributed by atoms with Crippen LogP contribution in [0.2, 0.25) is 15.1 Å². The molecule has 0 amide bonds. The van der Waals surface area contributed by atoms with Gasteiger partial charge in [0.05, 0.1) is 6.61 Å². The number of benzene rings is 2. The standard InChI is InChI=1S/C22H22Cl3NO3/c1-14(15-2-4-16(23)5-3-15)21-13-27-22(29-28-21)8-6-19(7-9-22)26-20-11-17(24)10-18(25)12-20/h2-5,10-12,19,21,26H,1,6-9,13H2. The molecule has 0 aromatic heterocycles. The second-order valence-electron chi connectivity index (χ2n) is 7.50. The number of nitrogens with one attached hydrogen (secondary N) is 1. The molecule has 4 nitrogen and oxygen atoms in total. The Bertz CT molecular complexity index is 849. The van der Waals surface area contributed by atoms with E-state index in [1.54, 1.807) is 6.07 Å². The molecule has 1 N–H and O–H groups in total. The maximum absolute atomic E-state index is 6.12. The molecule has 1 saturated heterocycles. The lowest BCUT2D eigenvalue weighted by Gasteiger charge is -2.43. The molecule has 2 aromatic carbocycles. The van der Waals surface area contributed by atoms with E-state index in [0.29, 0.717) is 27.7 Å². The highest BCUT2D eigenvalue weighted by atomic mass is 35.5. The van der Waals surface area contributed by atoms with Crippen molar-refractivity contribution in [3.63, 3.8) is 0 Å². The minimum absolute atomic E-state index is 0.295. The van der Waals surface area contributed by atoms with Gasteiger partial charge in [-0.2, -0.15) is 0 Å². The zero-order chi connectivity index (χ0) is 20.4. The topological polar surface area (TPSA) is 39.7 Å². The maximum Gasteiger partial charge on any atom is 0.201 e. The minimum atomic E-state index is -0.694. The Morgan fingerprint density at radius 2 is 1.62 bits per heavy atom. The van der Waals surface area contributed by atoms with Gasteiger partial charge in [-0.1, -0.05) is 53.5 Å². The number of hydrogen-bond donors (Lipinski definition) is 1. The van der Waals surface area contributed by atoms with Gasteiger partial charge < -0.3 is 10.1 Å². The lowest BCUT2D eigenvalue weighted by atomic mass is 9.89. The predicted octanol–water partition coefficient (Wildman–Crippen LogP) is 6.76. The first kappa shape index (κ1) is 21.0. The van der Waals surface area contributed by atoms with Crippen LogP contribution in [0.5, 0.6) is 0 Å². The smallest absolute Gasteiger partial charge is 0.201 e. The zero-order valence-corrected chi connectivity index (χ0v) is 18.1. The average molecular weight is 455 g/mol. The van der Waals surface area contributed by atoms with Crippen molar-refractivity contribution < 1.29 is 14.5 Å². The van der Waals surface area contributed by atoms with Crippen LogP contribution in [-0.4, -0.2) is 24.5 Å². The van der Waals surface area contributed by atoms with E-state index in [9.17, 15) is 0 Å². The molecule has 1 saturated carbocycles. The van der Waals surface area contributed by atoms with E-state index in [0.717, 1.165) is 42.5 Å². The summed E-state index contributed by atoms with van der Waals surface area (Å²) in [4.78, 5) is 11.4. The molecule has 7 heteroatoms. The van der Waals surface area contributed by atoms with Crippen molar-refractivity contribution in [2.45, 2.75) is 43.6 Å². The summed E-state index contributed by atoms with van der Waals surface area (Å²) in [7, 11) is 0. The molecule has 2 fully saturated rings. The molecule has 1 atom stereocenters. The lowest BCUT2D eigenvalue weighted by Crippen LogP contribution is -2.49. The number of halogens is 3. The predicted molar refractivity (Wildman–Crippen MR) is 117 cm³/mol. The third kappa shape index (κ3) is 5.08. The summed E-state index contributed by atoms with van der Waals surface area (Å²) < 4.78 is 6.12. The van der Waals surface area contributed by atoms with Crippen molar-refractivity contribution in [1.29, 1.82) is 0 Å². The first-order chi connectivity index (χ1) is 13.9. The van der Waals surface area contributed by atoms with Crippen molar-refractivity contribution in [2.24, 2.45) is 0 Å². The van der Waals surface area contributed by atoms with Gasteiger partial charge in [0.25, 0.3) is 0 Å². The van der Waals surface area contributed by atoms with E-state index in [2.05, 4.69) is 11.9 Å². The van der Waals surface area contributed by atoms with Gasteiger partial charge >= 0.3 is 0 Å². The van der Waals surface area contributed by atoms with Crippen LogP contribution < -0.4 is 5.32 Å². The molecule has 154 valence electrons. The van der Waals surface area contributed by atoms with Crippen LogP contribution in [-0.2, 0) is 14.5 Å². The third-order valence-corrected chi connectivity index (χ3v) is 6.09. The average Bonchev–Trinajstić information content (AvgIpc) is 2.70. The summed E-state index contributed by atoms with van der Waals surface area (Å²) >= 11 is 18.1. The van der Waals surface area contributed by atoms with Crippen LogP contribution in [0.25, 0.3) is 5.57 Å². The Morgan fingerprint density at radius 3 is 2.21 bits per heavy atom. The number of rotatable bonds is 4. The van der Waals surface area contributed by atoms with Crippen molar-refractivity contribution >= 4 is 46.1 Å². The van der Waals surface area contributed by atoms with Crippen LogP contribution in [0.3, 0.4) is 0 Å². The summed E-state index contributed by atoms with van der Waals surface area (Å²) in [5, 5.41) is 5.41. The normalized spacial score (nSPS) is 27.0. The fourth-order valence-corrected chi connectivity index (χ4v) is 4.39. The van der Waals surface area contributed by atoms with E-state index in [4.69, 9.17) is 49.3 Å². The van der Waals surface area contributed by atoms with Crippen LogP contribution in [0.15, 0.2) is 49.0 Å². The summed E-state index contributed by atoms with van der Waals surface area (Å²) in [6, 6.07) is 13.3. The van der Waals surface area contributed by atoms with Crippen molar-refractivity contribution in [1.82, 2.24) is 0 Å². The van der Waals surface area contributed by atoms with E-state index < -0.39 is 5.79 Å². The monoisotopic (exact) mass is 453 g/mol. The van der Waals surface area contributed by atoms with Gasteiger partial charge in [-0.05, 0) is 54.3 Å². The van der Waals surface area contributed by atoms with E-state index in [1.807, 2.05) is 36.4 Å². The molecule has 1 aliphatic heterocycles. The second kappa shape index (κ2) is 8.84. The molecule has 1 aliphatic carbocycles. The highest BCUT2D eigenvalue weighted by Gasteiger charge is 2.43. The third-order valence-electron chi connectivity index (χ3n) is 5.40. The Balaban J connectivity index is 1.30. The highest BCUT2D eigenvalue weighted by Crippen LogP contribution is 2.39. The molecular weight excluding hydrogens is 433 g/mol. The van der Waals surface area contributed by atoms with Crippen molar-refractivity contribution in [2.75, 3.05) is 11.9 Å². The van der Waals surface area contributed by atoms with Crippen LogP contribution in [0.4, 0.5) is 5.69 Å². The summed E-state index contributed by atoms with van der Waals surface area (Å²) in [6.45, 7) is 4.53. The van der Waals surface area contributed by atoms with E-state index >= 15 is 0 Å². The van der Waals surface area contributed by atoms with Gasteiger partial charge in [0, 0.05) is 39.6 Å². The molecule has 1 spiro atoms. The summed E-state index contributed by atoms with van der Waals surface area (Å²) in [6.07, 6.45) is 2.90. The summed E-state index contributed by atoms with van der Waals surface area (Å²) in [5.41, 5.74) is 2.69. The fraction of sp³-hybridized carbons (Fsp3) is 0.364. The lowest BCUT2D eigenvalue weighted by molar-refractivity contribution is -0.483. The Kier molecular flexibility index (Phi) is 6.40. The molecular formula is C22H22Cl3NO3. The van der Waals surface area contributed by atoms with Crippen LogP contribution in [0, 0.1) is 0 Å². The van der Waals surface area contributed by atoms with Crippen LogP contribution >= 0.6 is 34.8 Å². The Hall–Kier alpha value is -1.27. The quantitative estimate of drug-likeness (QED) is 0.518. The Morgan fingerprint density at radius 1 is 0.966 bits per heavy atom. The summed E-state index contributed by atoms with van der Waals surface area (Å²) in [5.74, 6) is -0.694. The number of ether oxygens (including phenoxy) is 1. The molecule has 0 bridgehead atoms. The van der Waals surface area contributed by atoms with Gasteiger partial charge in [0.1, 0.15) is 6.10 Å². The molecule has 2 aliphatic rings.